The van der Waals surface area contributed by atoms with Crippen LogP contribution >= 0.6 is 0 Å². The average Bonchev–Trinajstić information content (AvgIpc) is 2.77. The fraction of sp³-hybridized carbons (Fsp3) is 0.647. The molecule has 0 bridgehead atoms. The zero-order chi connectivity index (χ0) is 14.9. The van der Waals surface area contributed by atoms with E-state index in [1.807, 2.05) is 0 Å². The zero-order valence-corrected chi connectivity index (χ0v) is 13.4. The third-order valence-corrected chi connectivity index (χ3v) is 3.70. The number of benzene rings is 1. The lowest BCUT2D eigenvalue weighted by Gasteiger charge is -2.23. The maximum atomic E-state index is 5.79. The van der Waals surface area contributed by atoms with E-state index in [0.717, 1.165) is 45.0 Å². The summed E-state index contributed by atoms with van der Waals surface area (Å²) in [5.41, 5.74) is 2.49. The van der Waals surface area contributed by atoms with Crippen LogP contribution < -0.4 is 15.0 Å². The molecule has 1 fully saturated rings. The summed E-state index contributed by atoms with van der Waals surface area (Å²) < 4.78 is 11.2. The fourth-order valence-electron chi connectivity index (χ4n) is 2.55. The number of hydrogen-bond donors (Lipinski definition) is 1. The lowest BCUT2D eigenvalue weighted by Crippen LogP contribution is -2.27. The van der Waals surface area contributed by atoms with E-state index >= 15 is 0 Å². The Balaban J connectivity index is 1.87. The molecule has 0 aromatic heterocycles. The number of nitrogens with zero attached hydrogens (tertiary/aromatic N) is 1. The van der Waals surface area contributed by atoms with Crippen molar-refractivity contribution < 1.29 is 9.47 Å². The molecule has 0 aliphatic carbocycles. The van der Waals surface area contributed by atoms with Crippen LogP contribution in [0.2, 0.25) is 0 Å². The van der Waals surface area contributed by atoms with E-state index in [1.54, 1.807) is 0 Å². The summed E-state index contributed by atoms with van der Waals surface area (Å²) in [4.78, 5) is 2.45. The van der Waals surface area contributed by atoms with Crippen molar-refractivity contribution >= 4 is 5.69 Å². The maximum Gasteiger partial charge on any atom is 0.122 e. The number of rotatable bonds is 7. The first-order chi connectivity index (χ1) is 10.3. The molecule has 0 spiro atoms. The van der Waals surface area contributed by atoms with Gasteiger partial charge in [0.15, 0.2) is 0 Å². The Bertz CT molecular complexity index is 415. The molecule has 21 heavy (non-hydrogen) atoms. The Labute approximate surface area is 128 Å². The first-order valence-corrected chi connectivity index (χ1v) is 8.08. The smallest absolute Gasteiger partial charge is 0.122 e. The Morgan fingerprint density at radius 2 is 2.05 bits per heavy atom. The molecule has 0 radical (unpaired) electrons. The molecule has 1 aromatic rings. The molecule has 0 saturated carbocycles. The highest BCUT2D eigenvalue weighted by atomic mass is 16.5. The predicted molar refractivity (Wildman–Crippen MR) is 87.5 cm³/mol. The molecule has 0 amide bonds. The van der Waals surface area contributed by atoms with Crippen molar-refractivity contribution in [3.05, 3.63) is 23.8 Å². The van der Waals surface area contributed by atoms with Gasteiger partial charge in [-0.15, -0.1) is 0 Å². The van der Waals surface area contributed by atoms with Gasteiger partial charge in [-0.2, -0.15) is 0 Å². The summed E-state index contributed by atoms with van der Waals surface area (Å²) in [6, 6.07) is 6.48. The van der Waals surface area contributed by atoms with E-state index < -0.39 is 0 Å². The van der Waals surface area contributed by atoms with Gasteiger partial charge in [0.05, 0.1) is 6.61 Å². The number of anilines is 1. The first-order valence-electron chi connectivity index (χ1n) is 8.08. The first kappa shape index (κ1) is 16.1. The Hall–Kier alpha value is -1.26. The molecule has 1 aromatic carbocycles. The van der Waals surface area contributed by atoms with Crippen LogP contribution in [-0.2, 0) is 4.74 Å². The average molecular weight is 292 g/mol. The van der Waals surface area contributed by atoms with Crippen molar-refractivity contribution in [2.24, 2.45) is 0 Å². The standard InChI is InChI=1S/C17H28N2O2/c1-3-11-20-12-13-21-17-6-5-16(14-15(17)2)19-9-4-7-18-8-10-19/h5-6,14,18H,3-4,7-13H2,1-2H3. The summed E-state index contributed by atoms with van der Waals surface area (Å²) in [5, 5.41) is 3.44. The van der Waals surface area contributed by atoms with Gasteiger partial charge >= 0.3 is 0 Å². The minimum Gasteiger partial charge on any atom is -0.491 e. The molecular weight excluding hydrogens is 264 g/mol. The van der Waals surface area contributed by atoms with E-state index in [2.05, 4.69) is 42.3 Å². The predicted octanol–water partition coefficient (Wildman–Crippen LogP) is 2.60. The van der Waals surface area contributed by atoms with Gasteiger partial charge in [-0.25, -0.2) is 0 Å². The van der Waals surface area contributed by atoms with E-state index in [9.17, 15) is 0 Å². The molecule has 2 rings (SSSR count). The summed E-state index contributed by atoms with van der Waals surface area (Å²) in [7, 11) is 0. The van der Waals surface area contributed by atoms with E-state index in [4.69, 9.17) is 9.47 Å². The van der Waals surface area contributed by atoms with Gasteiger partial charge < -0.3 is 19.7 Å². The second kappa shape index (κ2) is 8.90. The third kappa shape index (κ3) is 5.21. The van der Waals surface area contributed by atoms with E-state index in [-0.39, 0.29) is 0 Å². The highest BCUT2D eigenvalue weighted by molar-refractivity contribution is 5.53. The summed E-state index contributed by atoms with van der Waals surface area (Å²) in [6.45, 7) is 10.7. The molecular formula is C17H28N2O2. The van der Waals surface area contributed by atoms with Crippen LogP contribution in [0.3, 0.4) is 0 Å². The summed E-state index contributed by atoms with van der Waals surface area (Å²) in [6.07, 6.45) is 2.25. The van der Waals surface area contributed by atoms with Gasteiger partial charge in [0.25, 0.3) is 0 Å². The van der Waals surface area contributed by atoms with Crippen LogP contribution in [0.1, 0.15) is 25.3 Å². The number of hydrogen-bond acceptors (Lipinski definition) is 4. The molecule has 118 valence electrons. The molecule has 1 aliphatic heterocycles. The largest absolute Gasteiger partial charge is 0.491 e. The molecule has 1 saturated heterocycles. The topological polar surface area (TPSA) is 33.7 Å². The molecule has 1 N–H and O–H groups in total. The Kier molecular flexibility index (Phi) is 6.83. The number of nitrogens with one attached hydrogen (secondary N) is 1. The summed E-state index contributed by atoms with van der Waals surface area (Å²) in [5.74, 6) is 0.965. The van der Waals surface area contributed by atoms with Crippen LogP contribution in [0, 0.1) is 6.92 Å². The van der Waals surface area contributed by atoms with Crippen LogP contribution in [0.5, 0.6) is 5.75 Å². The highest BCUT2D eigenvalue weighted by Gasteiger charge is 2.10. The quantitative estimate of drug-likeness (QED) is 0.783. The van der Waals surface area contributed by atoms with Crippen molar-refractivity contribution in [3.63, 3.8) is 0 Å². The van der Waals surface area contributed by atoms with Gasteiger partial charge in [0.1, 0.15) is 12.4 Å². The third-order valence-electron chi connectivity index (χ3n) is 3.70. The Morgan fingerprint density at radius 1 is 1.14 bits per heavy atom. The fourth-order valence-corrected chi connectivity index (χ4v) is 2.55. The van der Waals surface area contributed by atoms with E-state index in [1.165, 1.54) is 17.7 Å². The second-order valence-electron chi connectivity index (χ2n) is 5.50. The maximum absolute atomic E-state index is 5.79. The minimum absolute atomic E-state index is 0.619. The lowest BCUT2D eigenvalue weighted by atomic mass is 10.2. The van der Waals surface area contributed by atoms with E-state index in [0.29, 0.717) is 13.2 Å². The molecule has 1 aliphatic rings. The van der Waals surface area contributed by atoms with Crippen LogP contribution in [0.25, 0.3) is 0 Å². The van der Waals surface area contributed by atoms with Gasteiger partial charge in [0, 0.05) is 31.9 Å². The van der Waals surface area contributed by atoms with Crippen molar-refractivity contribution in [1.82, 2.24) is 5.32 Å². The van der Waals surface area contributed by atoms with Crippen molar-refractivity contribution in [2.75, 3.05) is 50.9 Å². The normalized spacial score (nSPS) is 15.8. The zero-order valence-electron chi connectivity index (χ0n) is 13.4. The van der Waals surface area contributed by atoms with Crippen LogP contribution in [0.15, 0.2) is 18.2 Å². The SMILES string of the molecule is CCCOCCOc1ccc(N2CCCNCC2)cc1C. The van der Waals surface area contributed by atoms with Crippen LogP contribution in [0.4, 0.5) is 5.69 Å². The van der Waals surface area contributed by atoms with Gasteiger partial charge in [0.2, 0.25) is 0 Å². The molecule has 4 heteroatoms. The second-order valence-corrected chi connectivity index (χ2v) is 5.50. The monoisotopic (exact) mass is 292 g/mol. The van der Waals surface area contributed by atoms with Gasteiger partial charge in [-0.3, -0.25) is 0 Å². The summed E-state index contributed by atoms with van der Waals surface area (Å²) >= 11 is 0. The van der Waals surface area contributed by atoms with Gasteiger partial charge in [-0.05, 0) is 50.1 Å². The minimum atomic E-state index is 0.619. The highest BCUT2D eigenvalue weighted by Crippen LogP contribution is 2.24. The molecule has 1 heterocycles. The molecule has 0 unspecified atom stereocenters. The van der Waals surface area contributed by atoms with Crippen molar-refractivity contribution in [1.29, 1.82) is 0 Å². The lowest BCUT2D eigenvalue weighted by molar-refractivity contribution is 0.100. The Morgan fingerprint density at radius 3 is 2.86 bits per heavy atom. The molecule has 4 nitrogen and oxygen atoms in total. The molecule has 0 atom stereocenters. The number of ether oxygens (including phenoxy) is 2. The van der Waals surface area contributed by atoms with Gasteiger partial charge in [-0.1, -0.05) is 6.92 Å². The van der Waals surface area contributed by atoms with Crippen LogP contribution in [-0.4, -0.2) is 46.0 Å². The van der Waals surface area contributed by atoms with Crippen molar-refractivity contribution in [2.45, 2.75) is 26.7 Å². The number of aryl methyl sites for hydroxylation is 1. The van der Waals surface area contributed by atoms with Crippen molar-refractivity contribution in [3.8, 4) is 5.75 Å².